The van der Waals surface area contributed by atoms with E-state index in [9.17, 15) is 4.79 Å². The van der Waals surface area contributed by atoms with Crippen LogP contribution in [0.15, 0.2) is 60.8 Å². The summed E-state index contributed by atoms with van der Waals surface area (Å²) >= 11 is 0. The maximum atomic E-state index is 13.0. The molecule has 3 aromatic rings. The molecule has 0 aliphatic carbocycles. The number of unbranched alkanes of at least 4 members (excludes halogenated alkanes) is 1. The zero-order valence-electron chi connectivity index (χ0n) is 17.6. The number of ether oxygens (including phenoxy) is 2. The molecule has 0 bridgehead atoms. The van der Waals surface area contributed by atoms with Crippen molar-refractivity contribution in [1.82, 2.24) is 15.1 Å². The lowest BCUT2D eigenvalue weighted by Crippen LogP contribution is -2.25. The number of nitrogens with one attached hydrogen (secondary N) is 1. The first-order valence-electron chi connectivity index (χ1n) is 10.4. The van der Waals surface area contributed by atoms with Crippen molar-refractivity contribution >= 4 is 5.91 Å². The number of carbonyl (C=O) groups excluding carboxylic acids is 1. The molecule has 158 valence electrons. The van der Waals surface area contributed by atoms with Gasteiger partial charge in [-0.2, -0.15) is 5.10 Å². The minimum atomic E-state index is -0.161. The monoisotopic (exact) mass is 407 g/mol. The first-order valence-corrected chi connectivity index (χ1v) is 10.4. The van der Waals surface area contributed by atoms with Crippen LogP contribution in [-0.4, -0.2) is 42.6 Å². The van der Waals surface area contributed by atoms with Crippen molar-refractivity contribution in [2.75, 3.05) is 26.9 Å². The summed E-state index contributed by atoms with van der Waals surface area (Å²) in [6.45, 7) is 4.10. The van der Waals surface area contributed by atoms with Crippen LogP contribution in [0.25, 0.3) is 16.9 Å². The summed E-state index contributed by atoms with van der Waals surface area (Å²) in [5, 5.41) is 7.70. The number of methoxy groups -OCH3 is 1. The molecule has 1 aromatic heterocycles. The molecule has 1 N–H and O–H groups in total. The molecule has 1 amide bonds. The van der Waals surface area contributed by atoms with E-state index < -0.39 is 0 Å². The lowest BCUT2D eigenvalue weighted by atomic mass is 10.1. The van der Waals surface area contributed by atoms with Gasteiger partial charge in [0.15, 0.2) is 0 Å². The Labute approximate surface area is 177 Å². The molecule has 0 saturated carbocycles. The number of amides is 1. The van der Waals surface area contributed by atoms with Crippen LogP contribution in [0.2, 0.25) is 0 Å². The van der Waals surface area contributed by atoms with Gasteiger partial charge in [-0.3, -0.25) is 4.79 Å². The highest BCUT2D eigenvalue weighted by Crippen LogP contribution is 2.31. The van der Waals surface area contributed by atoms with E-state index in [1.807, 2.05) is 54.6 Å². The van der Waals surface area contributed by atoms with E-state index in [1.54, 1.807) is 18.0 Å². The van der Waals surface area contributed by atoms with E-state index in [4.69, 9.17) is 14.6 Å². The Bertz CT molecular complexity index is 938. The third-order valence-corrected chi connectivity index (χ3v) is 4.73. The van der Waals surface area contributed by atoms with Crippen molar-refractivity contribution in [3.05, 3.63) is 66.4 Å². The molecule has 0 spiro atoms. The number of benzene rings is 2. The van der Waals surface area contributed by atoms with Crippen LogP contribution in [0, 0.1) is 0 Å². The number of hydrogen-bond acceptors (Lipinski definition) is 4. The number of aromatic nitrogens is 2. The zero-order chi connectivity index (χ0) is 21.2. The van der Waals surface area contributed by atoms with Crippen molar-refractivity contribution in [1.29, 1.82) is 0 Å². The van der Waals surface area contributed by atoms with Gasteiger partial charge in [0.25, 0.3) is 5.91 Å². The van der Waals surface area contributed by atoms with Crippen LogP contribution < -0.4 is 10.1 Å². The Hall–Kier alpha value is -3.12. The summed E-state index contributed by atoms with van der Waals surface area (Å²) < 4.78 is 12.8. The van der Waals surface area contributed by atoms with Gasteiger partial charge in [0.2, 0.25) is 0 Å². The predicted octanol–water partition coefficient (Wildman–Crippen LogP) is 4.48. The average molecular weight is 408 g/mol. The van der Waals surface area contributed by atoms with Crippen LogP contribution in [0.1, 0.15) is 36.5 Å². The maximum absolute atomic E-state index is 13.0. The topological polar surface area (TPSA) is 65.4 Å². The predicted molar refractivity (Wildman–Crippen MR) is 118 cm³/mol. The van der Waals surface area contributed by atoms with Gasteiger partial charge in [0.05, 0.1) is 18.4 Å². The van der Waals surface area contributed by atoms with E-state index in [0.29, 0.717) is 30.2 Å². The zero-order valence-corrected chi connectivity index (χ0v) is 17.6. The summed E-state index contributed by atoms with van der Waals surface area (Å²) in [5.41, 5.74) is 2.77. The fourth-order valence-corrected chi connectivity index (χ4v) is 3.11. The van der Waals surface area contributed by atoms with Crippen LogP contribution in [0.4, 0.5) is 0 Å². The lowest BCUT2D eigenvalue weighted by molar-refractivity contribution is 0.0941. The number of carbonyl (C=O) groups is 1. The van der Waals surface area contributed by atoms with Crippen LogP contribution in [0.5, 0.6) is 5.75 Å². The van der Waals surface area contributed by atoms with Crippen molar-refractivity contribution in [2.45, 2.75) is 26.2 Å². The Morgan fingerprint density at radius 2 is 1.77 bits per heavy atom. The highest BCUT2D eigenvalue weighted by Gasteiger charge is 2.20. The summed E-state index contributed by atoms with van der Waals surface area (Å²) in [6, 6.07) is 17.3. The molecule has 0 aliphatic rings. The second kappa shape index (κ2) is 11.2. The molecule has 0 unspecified atom stereocenters. The third kappa shape index (κ3) is 5.48. The summed E-state index contributed by atoms with van der Waals surface area (Å²) in [6.07, 6.45) is 4.72. The van der Waals surface area contributed by atoms with Gasteiger partial charge < -0.3 is 14.8 Å². The molecule has 0 atom stereocenters. The third-order valence-electron chi connectivity index (χ3n) is 4.73. The van der Waals surface area contributed by atoms with Crippen molar-refractivity contribution in [2.24, 2.45) is 0 Å². The van der Waals surface area contributed by atoms with Gasteiger partial charge in [-0.25, -0.2) is 4.68 Å². The molecular formula is C24H29N3O3. The molecule has 2 aromatic carbocycles. The maximum Gasteiger partial charge on any atom is 0.255 e. The Balaban J connectivity index is 1.80. The molecule has 1 heterocycles. The summed E-state index contributed by atoms with van der Waals surface area (Å²) in [5.74, 6) is 0.515. The van der Waals surface area contributed by atoms with Gasteiger partial charge in [-0.15, -0.1) is 0 Å². The molecule has 0 fully saturated rings. The van der Waals surface area contributed by atoms with Crippen LogP contribution >= 0.6 is 0 Å². The van der Waals surface area contributed by atoms with Gasteiger partial charge in [-0.05, 0) is 37.1 Å². The van der Waals surface area contributed by atoms with E-state index in [-0.39, 0.29) is 5.91 Å². The lowest BCUT2D eigenvalue weighted by Gasteiger charge is -2.09. The largest absolute Gasteiger partial charge is 0.496 e. The Morgan fingerprint density at radius 1 is 1.03 bits per heavy atom. The molecule has 0 saturated heterocycles. The molecule has 6 heteroatoms. The number of hydrogen-bond donors (Lipinski definition) is 1. The second-order valence-corrected chi connectivity index (χ2v) is 6.95. The minimum absolute atomic E-state index is 0.161. The fraction of sp³-hybridized carbons (Fsp3) is 0.333. The normalized spacial score (nSPS) is 10.7. The standard InChI is InChI=1S/C24H29N3O3/c1-3-4-16-30-17-10-15-25-24(28)21-18-27(19-11-6-5-7-12-19)26-23(21)20-13-8-9-14-22(20)29-2/h5-9,11-14,18H,3-4,10,15-17H2,1-2H3,(H,25,28). The van der Waals surface area contributed by atoms with Crippen molar-refractivity contribution < 1.29 is 14.3 Å². The first kappa shape index (κ1) is 21.6. The molecule has 6 nitrogen and oxygen atoms in total. The second-order valence-electron chi connectivity index (χ2n) is 6.95. The van der Waals surface area contributed by atoms with E-state index in [0.717, 1.165) is 37.1 Å². The SMILES string of the molecule is CCCCOCCCNC(=O)c1cn(-c2ccccc2)nc1-c1ccccc1OC. The van der Waals surface area contributed by atoms with Crippen molar-refractivity contribution in [3.8, 4) is 22.7 Å². The highest BCUT2D eigenvalue weighted by molar-refractivity contribution is 6.00. The summed E-state index contributed by atoms with van der Waals surface area (Å²) in [7, 11) is 1.62. The summed E-state index contributed by atoms with van der Waals surface area (Å²) in [4.78, 5) is 13.0. The molecule has 30 heavy (non-hydrogen) atoms. The first-order chi connectivity index (χ1) is 14.7. The highest BCUT2D eigenvalue weighted by atomic mass is 16.5. The van der Waals surface area contributed by atoms with Crippen LogP contribution in [0.3, 0.4) is 0 Å². The molecule has 0 radical (unpaired) electrons. The molecule has 0 aliphatic heterocycles. The van der Waals surface area contributed by atoms with Gasteiger partial charge >= 0.3 is 0 Å². The Morgan fingerprint density at radius 3 is 2.53 bits per heavy atom. The molecular weight excluding hydrogens is 378 g/mol. The number of nitrogens with zero attached hydrogens (tertiary/aromatic N) is 2. The van der Waals surface area contributed by atoms with E-state index >= 15 is 0 Å². The fourth-order valence-electron chi connectivity index (χ4n) is 3.11. The van der Waals surface area contributed by atoms with Crippen LogP contribution in [-0.2, 0) is 4.74 Å². The van der Waals surface area contributed by atoms with Gasteiger partial charge in [0.1, 0.15) is 11.4 Å². The van der Waals surface area contributed by atoms with Gasteiger partial charge in [-0.1, -0.05) is 43.7 Å². The smallest absolute Gasteiger partial charge is 0.255 e. The quantitative estimate of drug-likeness (QED) is 0.476. The number of rotatable bonds is 11. The Kier molecular flexibility index (Phi) is 8.03. The minimum Gasteiger partial charge on any atom is -0.496 e. The van der Waals surface area contributed by atoms with Crippen molar-refractivity contribution in [3.63, 3.8) is 0 Å². The van der Waals surface area contributed by atoms with E-state index in [1.165, 1.54) is 0 Å². The number of para-hydroxylation sites is 2. The average Bonchev–Trinajstić information content (AvgIpc) is 3.24. The molecule has 3 rings (SSSR count). The van der Waals surface area contributed by atoms with Gasteiger partial charge in [0, 0.05) is 31.5 Å². The van der Waals surface area contributed by atoms with E-state index in [2.05, 4.69) is 12.2 Å².